The molecule has 39 valence electrons. The molecule has 0 fully saturated rings. The molecule has 0 spiro atoms. The molecule has 0 radical (unpaired) electrons. The summed E-state index contributed by atoms with van der Waals surface area (Å²) < 4.78 is 0. The zero-order valence-corrected chi connectivity index (χ0v) is 12.0. The van der Waals surface area contributed by atoms with Crippen molar-refractivity contribution in [3.05, 3.63) is 0 Å². The van der Waals surface area contributed by atoms with Crippen molar-refractivity contribution in [2.24, 2.45) is 0 Å². The molecule has 0 unspecified atom stereocenters. The van der Waals surface area contributed by atoms with Crippen LogP contribution in [0.2, 0.25) is 0 Å². The molecule has 0 aromatic heterocycles. The number of hydrogen-bond acceptors (Lipinski definition) is 1. The van der Waals surface area contributed by atoms with E-state index in [0.717, 1.165) is 7.11 Å². The van der Waals surface area contributed by atoms with Gasteiger partial charge in [-0.25, -0.2) is 0 Å². The fraction of sp³-hybridized carbons (Fsp3) is 1.00. The molecule has 5 heteroatoms. The summed E-state index contributed by atoms with van der Waals surface area (Å²) in [5, 5.41) is 7.00. The Bertz CT molecular complexity index is 15.5. The Labute approximate surface area is 73.4 Å². The van der Waals surface area contributed by atoms with Crippen LogP contribution in [0.5, 0.6) is 0 Å². The third-order valence-corrected chi connectivity index (χ3v) is 0. The van der Waals surface area contributed by atoms with Crippen LogP contribution in [-0.2, 0) is 9.18 Å². The molecule has 1 N–H and O–H groups in total. The standard InChI is InChI=1S/CH4O.3HI.Zr/c1-2;;;;/h2H,1H3;3*1H;/q;;;;+3/p-3. The van der Waals surface area contributed by atoms with Crippen molar-refractivity contribution in [2.75, 3.05) is 7.11 Å². The zero-order chi connectivity index (χ0) is 5.58. The first-order valence-electron chi connectivity index (χ1n) is 1.01. The van der Waals surface area contributed by atoms with E-state index in [1.165, 1.54) is 0 Å². The Morgan fingerprint density at radius 2 is 1.17 bits per heavy atom. The summed E-state index contributed by atoms with van der Waals surface area (Å²) in [5.41, 5.74) is 0. The minimum atomic E-state index is -0.633. The first kappa shape index (κ1) is 11.8. The molecule has 0 aliphatic rings. The van der Waals surface area contributed by atoms with Gasteiger partial charge in [-0.2, -0.15) is 0 Å². The molecule has 0 aromatic carbocycles. The average molecular weight is 504 g/mol. The van der Waals surface area contributed by atoms with Gasteiger partial charge in [-0.15, -0.1) is 0 Å². The Kier molecular flexibility index (Phi) is 21.4. The molecule has 0 aromatic rings. The van der Waals surface area contributed by atoms with E-state index in [2.05, 4.69) is 54.1 Å². The fourth-order valence-electron chi connectivity index (χ4n) is 0. The fourth-order valence-corrected chi connectivity index (χ4v) is 0. The van der Waals surface area contributed by atoms with Crippen LogP contribution in [0.1, 0.15) is 0 Å². The van der Waals surface area contributed by atoms with Crippen LogP contribution in [0.3, 0.4) is 0 Å². The Balaban J connectivity index is 0. The van der Waals surface area contributed by atoms with Gasteiger partial charge in [-0.3, -0.25) is 0 Å². The quantitative estimate of drug-likeness (QED) is 0.503. The normalized spacial score (nSPS) is 5.50. The first-order valence-corrected chi connectivity index (χ1v) is 22.9. The monoisotopic (exact) mass is 503 g/mol. The second-order valence-electron chi connectivity index (χ2n) is 0.214. The molecule has 6 heavy (non-hydrogen) atoms. The van der Waals surface area contributed by atoms with Crippen LogP contribution in [0, 0.1) is 0 Å². The molecule has 0 saturated carbocycles. The van der Waals surface area contributed by atoms with Gasteiger partial charge in [0.15, 0.2) is 0 Å². The predicted molar refractivity (Wildman–Crippen MR) is 50.2 cm³/mol. The SMILES string of the molecule is CO.[I][Zr]([I])[I]. The second kappa shape index (κ2) is 10.9. The van der Waals surface area contributed by atoms with Crippen LogP contribution < -0.4 is 0 Å². The topological polar surface area (TPSA) is 20.2 Å². The van der Waals surface area contributed by atoms with E-state index >= 15 is 0 Å². The maximum atomic E-state index is 7.00. The van der Waals surface area contributed by atoms with E-state index in [0.29, 0.717) is 0 Å². The second-order valence-corrected chi connectivity index (χ2v) is 57.0. The van der Waals surface area contributed by atoms with Crippen LogP contribution in [-0.4, -0.2) is 12.2 Å². The average Bonchev–Trinajstić information content (AvgIpc) is 1.41. The van der Waals surface area contributed by atoms with Gasteiger partial charge >= 0.3 is 63.3 Å². The van der Waals surface area contributed by atoms with Crippen molar-refractivity contribution in [3.8, 4) is 0 Å². The Morgan fingerprint density at radius 3 is 1.17 bits per heavy atom. The molecule has 0 rings (SSSR count). The molecule has 0 heterocycles. The molecular formula is CH4I3OZr. The van der Waals surface area contributed by atoms with Gasteiger partial charge in [0.2, 0.25) is 0 Å². The summed E-state index contributed by atoms with van der Waals surface area (Å²) in [6, 6.07) is 0. The number of aliphatic hydroxyl groups is 1. The summed E-state index contributed by atoms with van der Waals surface area (Å²) in [6.45, 7) is 0. The first-order chi connectivity index (χ1) is 2.73. The number of halogens is 3. The van der Waals surface area contributed by atoms with E-state index in [-0.39, 0.29) is 0 Å². The molecule has 0 aliphatic carbocycles. The van der Waals surface area contributed by atoms with Crippen molar-refractivity contribution < 1.29 is 14.3 Å². The van der Waals surface area contributed by atoms with Gasteiger partial charge in [0, 0.05) is 7.11 Å². The van der Waals surface area contributed by atoms with Crippen LogP contribution in [0.15, 0.2) is 0 Å². The van der Waals surface area contributed by atoms with E-state index in [4.69, 9.17) is 5.11 Å². The molecule has 0 aliphatic heterocycles. The molecule has 0 amide bonds. The summed E-state index contributed by atoms with van der Waals surface area (Å²) in [6.07, 6.45) is 0. The van der Waals surface area contributed by atoms with E-state index < -0.39 is 9.18 Å². The van der Waals surface area contributed by atoms with Gasteiger partial charge in [0.25, 0.3) is 0 Å². The van der Waals surface area contributed by atoms with Gasteiger partial charge in [-0.1, -0.05) is 0 Å². The van der Waals surface area contributed by atoms with Crippen LogP contribution in [0.25, 0.3) is 0 Å². The molecule has 1 nitrogen and oxygen atoms in total. The Hall–Kier alpha value is 3.03. The number of aliphatic hydroxyl groups excluding tert-OH is 1. The summed E-state index contributed by atoms with van der Waals surface area (Å²) in [4.78, 5) is 0. The van der Waals surface area contributed by atoms with Crippen LogP contribution in [0.4, 0.5) is 0 Å². The third kappa shape index (κ3) is 27.8. The van der Waals surface area contributed by atoms with Gasteiger partial charge < -0.3 is 5.11 Å². The maximum absolute atomic E-state index is 7.00. The van der Waals surface area contributed by atoms with Crippen LogP contribution >= 0.6 is 54.1 Å². The van der Waals surface area contributed by atoms with Gasteiger partial charge in [-0.05, 0) is 0 Å². The summed E-state index contributed by atoms with van der Waals surface area (Å²) in [5.74, 6) is 0. The van der Waals surface area contributed by atoms with E-state index in [1.807, 2.05) is 0 Å². The molecule has 0 atom stereocenters. The number of rotatable bonds is 0. The number of hydrogen-bond donors (Lipinski definition) is 1. The van der Waals surface area contributed by atoms with Crippen molar-refractivity contribution in [3.63, 3.8) is 0 Å². The van der Waals surface area contributed by atoms with Gasteiger partial charge in [0.1, 0.15) is 0 Å². The molecule has 0 bridgehead atoms. The molecule has 0 saturated heterocycles. The van der Waals surface area contributed by atoms with Crippen molar-refractivity contribution in [1.29, 1.82) is 0 Å². The van der Waals surface area contributed by atoms with Crippen molar-refractivity contribution >= 4 is 54.1 Å². The van der Waals surface area contributed by atoms with E-state index in [1.54, 1.807) is 0 Å². The predicted octanol–water partition coefficient (Wildman–Crippen LogP) is 2.26. The molecular weight excluding hydrogens is 500 g/mol. The third-order valence-electron chi connectivity index (χ3n) is 0. The van der Waals surface area contributed by atoms with E-state index in [9.17, 15) is 0 Å². The zero-order valence-electron chi connectivity index (χ0n) is 3.08. The minimum absolute atomic E-state index is 0.633. The van der Waals surface area contributed by atoms with Crippen molar-refractivity contribution in [2.45, 2.75) is 0 Å². The summed E-state index contributed by atoms with van der Waals surface area (Å²) >= 11 is 7.54. The van der Waals surface area contributed by atoms with Crippen molar-refractivity contribution in [1.82, 2.24) is 0 Å². The summed E-state index contributed by atoms with van der Waals surface area (Å²) in [7, 11) is 0.367. The Morgan fingerprint density at radius 1 is 1.17 bits per heavy atom. The van der Waals surface area contributed by atoms with Gasteiger partial charge in [0.05, 0.1) is 0 Å².